The number of hydrogen-bond acceptors (Lipinski definition) is 25. The van der Waals surface area contributed by atoms with Crippen molar-refractivity contribution in [1.29, 1.82) is 0 Å². The number of nitrogens with two attached hydrogens (primary N) is 2. The lowest BCUT2D eigenvalue weighted by molar-refractivity contribution is -0.0558. The van der Waals surface area contributed by atoms with E-state index in [-0.39, 0.29) is 45.1 Å². The molecule has 10 N–H and O–H groups in total. The molecule has 12 atom stereocenters. The lowest BCUT2D eigenvalue weighted by atomic mass is 10.1. The Labute approximate surface area is 384 Å². The topological polar surface area (TPSA) is 446 Å². The molecule has 6 aromatic rings. The first-order valence-corrected chi connectivity index (χ1v) is 25.4. The third-order valence-corrected chi connectivity index (χ3v) is 15.8. The van der Waals surface area contributed by atoms with Crippen molar-refractivity contribution in [2.24, 2.45) is 0 Å². The summed E-state index contributed by atoms with van der Waals surface area (Å²) < 4.78 is 97.9. The first kappa shape index (κ1) is 49.9. The van der Waals surface area contributed by atoms with Gasteiger partial charge >= 0.3 is 43.2 Å². The van der Waals surface area contributed by atoms with E-state index in [1.54, 1.807) is 12.1 Å². The summed E-state index contributed by atoms with van der Waals surface area (Å²) in [6.07, 6.45) is -8.87. The normalized spacial score (nSPS) is 26.2. The van der Waals surface area contributed by atoms with Crippen molar-refractivity contribution in [3.63, 3.8) is 0 Å². The van der Waals surface area contributed by atoms with Gasteiger partial charge in [-0.05, 0) is 24.3 Å². The van der Waals surface area contributed by atoms with E-state index < -0.39 is 106 Å². The van der Waals surface area contributed by atoms with Crippen LogP contribution >= 0.6 is 31.3 Å². The first-order valence-electron chi connectivity index (χ1n) is 19.4. The van der Waals surface area contributed by atoms with Crippen molar-refractivity contribution >= 4 is 77.2 Å². The Kier molecular flexibility index (Phi) is 14.2. The molecule has 0 spiro atoms. The summed E-state index contributed by atoms with van der Waals surface area (Å²) in [7, 11) is -24.5. The molecule has 0 amide bonds. The number of benzene rings is 2. The van der Waals surface area contributed by atoms with Gasteiger partial charge in [0.2, 0.25) is 0 Å². The quantitative estimate of drug-likeness (QED) is 0.0444. The number of anilines is 2. The zero-order chi connectivity index (χ0) is 49.5. The average Bonchev–Trinajstić information content (AvgIpc) is 4.06. The number of hydrogen-bond donors (Lipinski definition) is 8. The van der Waals surface area contributed by atoms with Crippen LogP contribution in [0.4, 0.5) is 11.6 Å². The minimum absolute atomic E-state index is 0.0419. The number of carbonyl (C=O) groups is 2. The molecule has 69 heavy (non-hydrogen) atoms. The number of nitrogen functional groups attached to an aromatic ring is 2. The number of imidazole rings is 2. The Hall–Kier alpha value is -5.52. The van der Waals surface area contributed by atoms with Gasteiger partial charge in [0, 0.05) is 0 Å². The van der Waals surface area contributed by atoms with Gasteiger partial charge in [0.05, 0.1) is 37.0 Å². The Morgan fingerprint density at radius 1 is 0.565 bits per heavy atom. The minimum Gasteiger partial charge on any atom is -0.451 e. The van der Waals surface area contributed by atoms with E-state index in [2.05, 4.69) is 42.8 Å². The van der Waals surface area contributed by atoms with Crippen LogP contribution in [0, 0.1) is 0 Å². The maximum absolute atomic E-state index is 13.0. The molecule has 35 heteroatoms. The summed E-state index contributed by atoms with van der Waals surface area (Å²) in [4.78, 5) is 91.2. The molecular weight excluding hydrogens is 1010 g/mol. The highest BCUT2D eigenvalue weighted by Gasteiger charge is 2.52. The Balaban J connectivity index is 0.898. The van der Waals surface area contributed by atoms with Gasteiger partial charge in [0.15, 0.2) is 47.6 Å². The van der Waals surface area contributed by atoms with Crippen LogP contribution in [-0.2, 0) is 59.2 Å². The average molecular weight is 1040 g/mol. The number of ether oxygens (including phenoxy) is 4. The molecule has 2 aliphatic heterocycles. The number of fused-ring (bicyclic) bond motifs is 2. The van der Waals surface area contributed by atoms with Gasteiger partial charge in [-0.25, -0.2) is 57.8 Å². The molecule has 0 aliphatic carbocycles. The fourth-order valence-electron chi connectivity index (χ4n) is 6.86. The molecule has 2 fully saturated rings. The number of rotatable bonds is 18. The smallest absolute Gasteiger partial charge is 0.451 e. The molecule has 0 saturated carbocycles. The van der Waals surface area contributed by atoms with Gasteiger partial charge in [0.25, 0.3) is 0 Å². The van der Waals surface area contributed by atoms with Crippen LogP contribution < -0.4 is 11.5 Å². The highest BCUT2D eigenvalue weighted by Crippen LogP contribution is 2.71. The van der Waals surface area contributed by atoms with Gasteiger partial charge in [-0.3, -0.25) is 18.2 Å². The van der Waals surface area contributed by atoms with E-state index in [0.717, 1.165) is 25.3 Å². The van der Waals surface area contributed by atoms with Crippen molar-refractivity contribution < 1.29 is 98.6 Å². The molecule has 368 valence electrons. The summed E-state index contributed by atoms with van der Waals surface area (Å²) in [5.74, 6) is -1.98. The highest BCUT2D eigenvalue weighted by atomic mass is 31.3. The van der Waals surface area contributed by atoms with Gasteiger partial charge < -0.3 is 60.2 Å². The van der Waals surface area contributed by atoms with Crippen molar-refractivity contribution in [3.05, 3.63) is 97.1 Å². The third kappa shape index (κ3) is 11.3. The summed E-state index contributed by atoms with van der Waals surface area (Å²) in [5, 5.41) is 22.5. The zero-order valence-corrected chi connectivity index (χ0v) is 38.0. The molecule has 0 radical (unpaired) electrons. The molecule has 2 saturated heterocycles. The summed E-state index contributed by atoms with van der Waals surface area (Å²) in [5.41, 5.74) is 12.1. The number of esters is 2. The molecule has 4 aromatic heterocycles. The van der Waals surface area contributed by atoms with E-state index >= 15 is 0 Å². The lowest BCUT2D eigenvalue weighted by Crippen LogP contribution is -2.37. The number of aliphatic hydroxyl groups excluding tert-OH is 2. The molecule has 2 aliphatic rings. The van der Waals surface area contributed by atoms with E-state index in [0.29, 0.717) is 0 Å². The van der Waals surface area contributed by atoms with Crippen molar-refractivity contribution in [2.75, 3.05) is 24.7 Å². The van der Waals surface area contributed by atoms with Crippen LogP contribution in [0.1, 0.15) is 33.2 Å². The third-order valence-electron chi connectivity index (χ3n) is 9.88. The number of carbonyl (C=O) groups excluding carboxylic acids is 2. The van der Waals surface area contributed by atoms with Crippen molar-refractivity contribution in [2.45, 2.75) is 49.1 Å². The van der Waals surface area contributed by atoms with Gasteiger partial charge in [0.1, 0.15) is 48.1 Å². The number of aromatic nitrogens is 8. The largest absolute Gasteiger partial charge is 0.490 e. The van der Waals surface area contributed by atoms with Crippen LogP contribution in [0.2, 0.25) is 0 Å². The molecule has 2 aromatic carbocycles. The van der Waals surface area contributed by atoms with E-state index in [4.69, 9.17) is 39.5 Å². The second-order valence-corrected chi connectivity index (χ2v) is 20.7. The number of phosphoric acid groups is 4. The molecule has 8 rings (SSSR count). The summed E-state index contributed by atoms with van der Waals surface area (Å²) >= 11 is 0. The second-order valence-electron chi connectivity index (χ2n) is 14.5. The van der Waals surface area contributed by atoms with Gasteiger partial charge in [-0.1, -0.05) is 36.4 Å². The summed E-state index contributed by atoms with van der Waals surface area (Å²) in [6, 6.07) is 15.0. The van der Waals surface area contributed by atoms with Crippen LogP contribution in [0.5, 0.6) is 0 Å². The minimum atomic E-state index is -6.32. The van der Waals surface area contributed by atoms with E-state index in [1.165, 1.54) is 57.7 Å². The monoisotopic (exact) mass is 1040 g/mol. The number of nitrogens with zero attached hydrogens (tertiary/aromatic N) is 8. The van der Waals surface area contributed by atoms with Crippen molar-refractivity contribution in [3.8, 4) is 0 Å². The van der Waals surface area contributed by atoms with E-state index in [1.807, 2.05) is 0 Å². The van der Waals surface area contributed by atoms with Crippen LogP contribution in [-0.4, -0.2) is 131 Å². The summed E-state index contributed by atoms with van der Waals surface area (Å²) in [6.45, 7) is -2.36. The van der Waals surface area contributed by atoms with Gasteiger partial charge in [-0.15, -0.1) is 0 Å². The predicted octanol–water partition coefficient (Wildman–Crippen LogP) is 1.28. The molecule has 4 unspecified atom stereocenters. The standard InChI is InChI=1S/C34H36N10O21P4/c35-27-21-29(39-13-37-27)43(15-41-21)31-25(61-33(47)17-7-3-1-4-8-17)23(45)19(59-31)11-57-66(49,50)63-68(53,54)65-69(55,56)64-67(51,52)58-12-20-24(46)26(62-34(48)18-9-5-2-6-10-18)32(60-20)44-16-42-22-28(36)38-14-40-30(22)44/h1-10,13-16,19-20,23-26,31-32,45-46H,11-12H2,(H,49,50)(H,51,52)(H,53,54)(H,55,56)(H2,35,37,39)(H2,36,38,40)/t19-,20-,23-,24+,25-,26+,31-,32+/m1/s1. The second kappa shape index (κ2) is 19.7. The Morgan fingerprint density at radius 3 is 1.30 bits per heavy atom. The maximum atomic E-state index is 13.0. The Morgan fingerprint density at radius 2 is 0.928 bits per heavy atom. The SMILES string of the molecule is Nc1ncnc2c1ncn2[C@@H]1O[C@H](COP(=O)(O)OP(=O)(O)OP(=O)(O)OP(=O)(O)OC[C@H]2O[C@H](n3cnc4c(N)ncnc43)[C@@H](OC(=O)c3ccccc3)[C@H]2O)[C@@H](O)[C@H]1OC(=O)c1ccccc1. The van der Waals surface area contributed by atoms with Crippen LogP contribution in [0.3, 0.4) is 0 Å². The molecule has 31 nitrogen and oxygen atoms in total. The predicted molar refractivity (Wildman–Crippen MR) is 225 cm³/mol. The van der Waals surface area contributed by atoms with Crippen molar-refractivity contribution in [1.82, 2.24) is 39.0 Å². The zero-order valence-electron chi connectivity index (χ0n) is 34.4. The fourth-order valence-corrected chi connectivity index (χ4v) is 11.8. The first-order chi connectivity index (χ1) is 32.6. The number of phosphoric ester groups is 2. The molecule has 6 heterocycles. The van der Waals surface area contributed by atoms with Crippen LogP contribution in [0.15, 0.2) is 86.0 Å². The fraction of sp³-hybridized carbons (Fsp3) is 0.294. The number of aliphatic hydroxyl groups is 2. The van der Waals surface area contributed by atoms with Gasteiger partial charge in [-0.2, -0.15) is 12.9 Å². The molecule has 0 bridgehead atoms. The lowest BCUT2D eigenvalue weighted by Gasteiger charge is -2.22. The van der Waals surface area contributed by atoms with E-state index in [9.17, 15) is 57.6 Å². The highest BCUT2D eigenvalue weighted by molar-refractivity contribution is 7.69. The molecular formula is C34H36N10O21P4. The van der Waals surface area contributed by atoms with Crippen LogP contribution in [0.25, 0.3) is 22.3 Å². The Bertz CT molecular complexity index is 2860. The maximum Gasteiger partial charge on any atom is 0.490 e.